The minimum atomic E-state index is -0.779. The van der Waals surface area contributed by atoms with E-state index < -0.39 is 5.54 Å². The summed E-state index contributed by atoms with van der Waals surface area (Å²) in [4.78, 5) is 21.2. The summed E-state index contributed by atoms with van der Waals surface area (Å²) in [6.07, 6.45) is 4.85. The summed E-state index contributed by atoms with van der Waals surface area (Å²) >= 11 is 0. The van der Waals surface area contributed by atoms with Crippen LogP contribution in [0.1, 0.15) is 33.7 Å². The standard InChI is InChI=1S/C19H17N3O3/c1-13-4-6-14(7-5-13)19(22-18(23)15-11-24-12-21-15)8-10-25-16-3-2-9-20-17(16)19/h2-7,9,11-12H,8,10H2,1H3,(H,22,23)/t19-/m0/s1. The first-order chi connectivity index (χ1) is 12.2. The lowest BCUT2D eigenvalue weighted by molar-refractivity contribution is 0.0878. The summed E-state index contributed by atoms with van der Waals surface area (Å²) in [5, 5.41) is 3.12. The fraction of sp³-hybridized carbons (Fsp3) is 0.211. The summed E-state index contributed by atoms with van der Waals surface area (Å²) < 4.78 is 10.7. The van der Waals surface area contributed by atoms with Crippen molar-refractivity contribution in [3.8, 4) is 5.75 Å². The molecule has 0 fully saturated rings. The van der Waals surface area contributed by atoms with Crippen molar-refractivity contribution in [2.24, 2.45) is 0 Å². The van der Waals surface area contributed by atoms with Gasteiger partial charge in [-0.2, -0.15) is 0 Å². The van der Waals surface area contributed by atoms with Gasteiger partial charge in [-0.1, -0.05) is 29.8 Å². The SMILES string of the molecule is Cc1ccc([C@@]2(NC(=O)c3cocn3)CCOc3cccnc32)cc1. The first-order valence-electron chi connectivity index (χ1n) is 8.05. The minimum absolute atomic E-state index is 0.232. The highest BCUT2D eigenvalue weighted by atomic mass is 16.5. The summed E-state index contributed by atoms with van der Waals surface area (Å²) in [6.45, 7) is 2.51. The number of nitrogens with zero attached hydrogens (tertiary/aromatic N) is 2. The van der Waals surface area contributed by atoms with Gasteiger partial charge in [-0.15, -0.1) is 0 Å². The van der Waals surface area contributed by atoms with Gasteiger partial charge in [-0.05, 0) is 24.6 Å². The van der Waals surface area contributed by atoms with Crippen LogP contribution in [0.2, 0.25) is 0 Å². The third kappa shape index (κ3) is 2.65. The molecule has 4 rings (SSSR count). The van der Waals surface area contributed by atoms with Crippen LogP contribution in [-0.2, 0) is 5.54 Å². The molecule has 2 aromatic heterocycles. The molecular formula is C19H17N3O3. The van der Waals surface area contributed by atoms with Gasteiger partial charge >= 0.3 is 0 Å². The Morgan fingerprint density at radius 2 is 2.04 bits per heavy atom. The first-order valence-corrected chi connectivity index (χ1v) is 8.05. The van der Waals surface area contributed by atoms with E-state index in [2.05, 4.69) is 15.3 Å². The molecule has 6 nitrogen and oxygen atoms in total. The van der Waals surface area contributed by atoms with E-state index in [1.54, 1.807) is 6.20 Å². The van der Waals surface area contributed by atoms with Gasteiger partial charge in [0.2, 0.25) is 0 Å². The third-order valence-corrected chi connectivity index (χ3v) is 4.45. The molecule has 3 heterocycles. The first kappa shape index (κ1) is 15.4. The molecule has 0 bridgehead atoms. The Morgan fingerprint density at radius 1 is 1.20 bits per heavy atom. The Kier molecular flexibility index (Phi) is 3.72. The van der Waals surface area contributed by atoms with E-state index in [1.165, 1.54) is 12.7 Å². The zero-order valence-electron chi connectivity index (χ0n) is 13.7. The quantitative estimate of drug-likeness (QED) is 0.796. The number of hydrogen-bond donors (Lipinski definition) is 1. The van der Waals surface area contributed by atoms with Crippen molar-refractivity contribution >= 4 is 5.91 Å². The molecule has 6 heteroatoms. The summed E-state index contributed by atoms with van der Waals surface area (Å²) in [5.74, 6) is 0.364. The number of oxazole rings is 1. The second-order valence-corrected chi connectivity index (χ2v) is 6.05. The molecule has 126 valence electrons. The van der Waals surface area contributed by atoms with E-state index >= 15 is 0 Å². The molecule has 0 aliphatic carbocycles. The highest BCUT2D eigenvalue weighted by molar-refractivity contribution is 5.93. The average molecular weight is 335 g/mol. The van der Waals surface area contributed by atoms with Crippen molar-refractivity contribution in [3.63, 3.8) is 0 Å². The minimum Gasteiger partial charge on any atom is -0.491 e. The highest BCUT2D eigenvalue weighted by Gasteiger charge is 2.42. The molecule has 1 aliphatic rings. The van der Waals surface area contributed by atoms with Crippen LogP contribution in [0.15, 0.2) is 59.7 Å². The van der Waals surface area contributed by atoms with Crippen molar-refractivity contribution in [2.45, 2.75) is 18.9 Å². The number of hydrogen-bond acceptors (Lipinski definition) is 5. The van der Waals surface area contributed by atoms with Crippen LogP contribution in [0.25, 0.3) is 0 Å². The highest BCUT2D eigenvalue weighted by Crippen LogP contribution is 2.40. The Hall–Kier alpha value is -3.15. The average Bonchev–Trinajstić information content (AvgIpc) is 3.17. The van der Waals surface area contributed by atoms with Crippen LogP contribution in [0.4, 0.5) is 0 Å². The number of benzene rings is 1. The number of amides is 1. The zero-order chi connectivity index (χ0) is 17.3. The normalized spacial score (nSPS) is 18.9. The lowest BCUT2D eigenvalue weighted by Gasteiger charge is -2.38. The smallest absolute Gasteiger partial charge is 0.274 e. The Morgan fingerprint density at radius 3 is 2.80 bits per heavy atom. The fourth-order valence-corrected chi connectivity index (χ4v) is 3.16. The number of carbonyl (C=O) groups excluding carboxylic acids is 1. The van der Waals surface area contributed by atoms with E-state index in [1.807, 2.05) is 43.3 Å². The number of rotatable bonds is 3. The summed E-state index contributed by atoms with van der Waals surface area (Å²) in [5.41, 5.74) is 2.25. The monoisotopic (exact) mass is 335 g/mol. The van der Waals surface area contributed by atoms with Gasteiger partial charge in [0.25, 0.3) is 5.91 Å². The predicted octanol–water partition coefficient (Wildman–Crippen LogP) is 2.83. The van der Waals surface area contributed by atoms with Crippen molar-refractivity contribution in [1.29, 1.82) is 0 Å². The molecular weight excluding hydrogens is 318 g/mol. The van der Waals surface area contributed by atoms with Crippen molar-refractivity contribution in [3.05, 3.63) is 77.8 Å². The van der Waals surface area contributed by atoms with Gasteiger partial charge in [0.1, 0.15) is 23.2 Å². The second kappa shape index (κ2) is 6.05. The Labute approximate surface area is 144 Å². The van der Waals surface area contributed by atoms with Gasteiger partial charge in [0.15, 0.2) is 12.1 Å². The van der Waals surface area contributed by atoms with Crippen molar-refractivity contribution in [2.75, 3.05) is 6.61 Å². The van der Waals surface area contributed by atoms with Crippen LogP contribution >= 0.6 is 0 Å². The van der Waals surface area contributed by atoms with E-state index in [0.29, 0.717) is 24.5 Å². The molecule has 0 saturated carbocycles. The van der Waals surface area contributed by atoms with Crippen LogP contribution in [0, 0.1) is 6.92 Å². The maximum atomic E-state index is 12.7. The Balaban J connectivity index is 1.85. The topological polar surface area (TPSA) is 77.2 Å². The largest absolute Gasteiger partial charge is 0.491 e. The molecule has 0 radical (unpaired) electrons. The number of fused-ring (bicyclic) bond motifs is 1. The number of aryl methyl sites for hydroxylation is 1. The van der Waals surface area contributed by atoms with Crippen LogP contribution < -0.4 is 10.1 Å². The van der Waals surface area contributed by atoms with Gasteiger partial charge in [0, 0.05) is 12.6 Å². The van der Waals surface area contributed by atoms with Gasteiger partial charge in [-0.3, -0.25) is 9.78 Å². The van der Waals surface area contributed by atoms with E-state index in [-0.39, 0.29) is 11.6 Å². The summed E-state index contributed by atoms with van der Waals surface area (Å²) in [7, 11) is 0. The molecule has 1 amide bonds. The molecule has 1 aromatic carbocycles. The molecule has 3 aromatic rings. The van der Waals surface area contributed by atoms with Gasteiger partial charge in [-0.25, -0.2) is 4.98 Å². The number of pyridine rings is 1. The van der Waals surface area contributed by atoms with Gasteiger partial charge in [0.05, 0.1) is 6.61 Å². The lowest BCUT2D eigenvalue weighted by atomic mass is 9.81. The molecule has 0 unspecified atom stereocenters. The predicted molar refractivity (Wildman–Crippen MR) is 90.3 cm³/mol. The fourth-order valence-electron chi connectivity index (χ4n) is 3.16. The second-order valence-electron chi connectivity index (χ2n) is 6.05. The maximum Gasteiger partial charge on any atom is 0.274 e. The van der Waals surface area contributed by atoms with Crippen LogP contribution in [0.5, 0.6) is 5.75 Å². The van der Waals surface area contributed by atoms with E-state index in [0.717, 1.165) is 11.1 Å². The van der Waals surface area contributed by atoms with E-state index in [4.69, 9.17) is 9.15 Å². The zero-order valence-corrected chi connectivity index (χ0v) is 13.7. The number of ether oxygens (including phenoxy) is 1. The molecule has 0 spiro atoms. The van der Waals surface area contributed by atoms with Crippen molar-refractivity contribution in [1.82, 2.24) is 15.3 Å². The number of nitrogens with one attached hydrogen (secondary N) is 1. The van der Waals surface area contributed by atoms with Crippen LogP contribution in [-0.4, -0.2) is 22.5 Å². The lowest BCUT2D eigenvalue weighted by Crippen LogP contribution is -2.50. The molecule has 1 atom stereocenters. The molecule has 25 heavy (non-hydrogen) atoms. The maximum absolute atomic E-state index is 12.7. The van der Waals surface area contributed by atoms with Crippen molar-refractivity contribution < 1.29 is 13.9 Å². The molecule has 0 saturated heterocycles. The summed E-state index contributed by atoms with van der Waals surface area (Å²) in [6, 6.07) is 11.8. The van der Waals surface area contributed by atoms with Crippen LogP contribution in [0.3, 0.4) is 0 Å². The Bertz CT molecular complexity index is 891. The molecule has 1 N–H and O–H groups in total. The molecule has 1 aliphatic heterocycles. The van der Waals surface area contributed by atoms with E-state index in [9.17, 15) is 4.79 Å². The number of aromatic nitrogens is 2. The number of carbonyl (C=O) groups is 1. The third-order valence-electron chi connectivity index (χ3n) is 4.45. The van der Waals surface area contributed by atoms with Gasteiger partial charge < -0.3 is 14.5 Å².